The molecule has 0 saturated carbocycles. The van der Waals surface area contributed by atoms with Crippen LogP contribution in [0, 0.1) is 0 Å². The number of rotatable bonds is 2. The second kappa shape index (κ2) is 4.18. The predicted octanol–water partition coefficient (Wildman–Crippen LogP) is 2.19. The number of anilines is 1. The quantitative estimate of drug-likeness (QED) is 0.805. The van der Waals surface area contributed by atoms with Crippen LogP contribution in [0.5, 0.6) is 0 Å². The van der Waals surface area contributed by atoms with Gasteiger partial charge in [-0.3, -0.25) is 0 Å². The molecule has 0 fully saturated rings. The van der Waals surface area contributed by atoms with E-state index < -0.39 is 13.6 Å². The van der Waals surface area contributed by atoms with Gasteiger partial charge in [-0.05, 0) is 0 Å². The van der Waals surface area contributed by atoms with E-state index in [1.165, 1.54) is 11.3 Å². The van der Waals surface area contributed by atoms with Gasteiger partial charge < -0.3 is 0 Å². The molecule has 1 aromatic rings. The minimum atomic E-state index is -1.60. The van der Waals surface area contributed by atoms with Gasteiger partial charge in [0.05, 0.1) is 0 Å². The van der Waals surface area contributed by atoms with Gasteiger partial charge in [0.2, 0.25) is 0 Å². The van der Waals surface area contributed by atoms with Crippen molar-refractivity contribution in [2.45, 2.75) is 24.1 Å². The van der Waals surface area contributed by atoms with Crippen LogP contribution < -0.4 is 9.67 Å². The van der Waals surface area contributed by atoms with Gasteiger partial charge in [0.15, 0.2) is 0 Å². The van der Waals surface area contributed by atoms with Crippen LogP contribution >= 0.6 is 0 Å². The molecule has 1 aromatic carbocycles. The molecule has 1 rings (SSSR count). The van der Waals surface area contributed by atoms with Crippen LogP contribution in [0.3, 0.4) is 0 Å². The van der Waals surface area contributed by atoms with E-state index in [9.17, 15) is 4.79 Å². The number of amides is 1. The number of carbonyl (C=O) groups is 1. The molecule has 3 heteroatoms. The number of benzene rings is 1. The van der Waals surface area contributed by atoms with E-state index in [1.807, 2.05) is 12.1 Å². The second-order valence-corrected chi connectivity index (χ2v) is 13.8. The molecule has 0 aromatic heterocycles. The molecule has 1 N–H and O–H groups in total. The first-order valence-corrected chi connectivity index (χ1v) is 11.2. The summed E-state index contributed by atoms with van der Waals surface area (Å²) < 4.78 is 1.40. The molecule has 0 unspecified atom stereocenters. The van der Waals surface area contributed by atoms with Crippen LogP contribution in [-0.2, 0) is 4.79 Å². The Morgan fingerprint density at radius 3 is 2.43 bits per heavy atom. The van der Waals surface area contributed by atoms with E-state index in [2.05, 4.69) is 34.6 Å². The van der Waals surface area contributed by atoms with Gasteiger partial charge in [-0.1, -0.05) is 0 Å². The fourth-order valence-corrected chi connectivity index (χ4v) is 3.43. The van der Waals surface area contributed by atoms with Crippen LogP contribution in [0.2, 0.25) is 17.1 Å². The van der Waals surface area contributed by atoms with Crippen LogP contribution in [0.25, 0.3) is 0 Å². The third kappa shape index (κ3) is 3.19. The molecule has 0 bridgehead atoms. The normalized spacial score (nSPS) is 11.1. The average Bonchev–Trinajstić information content (AvgIpc) is 2.01. The number of hydrogen-bond donors (Lipinski definition) is 1. The summed E-state index contributed by atoms with van der Waals surface area (Å²) in [6, 6.07) is 8.18. The van der Waals surface area contributed by atoms with Gasteiger partial charge >= 0.3 is 87.9 Å². The zero-order chi connectivity index (χ0) is 10.8. The van der Waals surface area contributed by atoms with Crippen LogP contribution in [0.1, 0.15) is 6.92 Å². The Labute approximate surface area is 88.2 Å². The van der Waals surface area contributed by atoms with E-state index in [0.29, 0.717) is 0 Å². The van der Waals surface area contributed by atoms with E-state index in [1.54, 1.807) is 0 Å². The summed E-state index contributed by atoms with van der Waals surface area (Å²) in [6.45, 7) is 1.53. The average molecular weight is 254 g/mol. The molecule has 0 atom stereocenters. The zero-order valence-electron chi connectivity index (χ0n) is 9.16. The minimum absolute atomic E-state index is 0.0123. The first kappa shape index (κ1) is 11.3. The molecule has 1 amide bonds. The van der Waals surface area contributed by atoms with Gasteiger partial charge in [-0.15, -0.1) is 0 Å². The van der Waals surface area contributed by atoms with Gasteiger partial charge in [-0.25, -0.2) is 0 Å². The summed E-state index contributed by atoms with van der Waals surface area (Å²) in [6.07, 6.45) is 0. The standard InChI is InChI=1S/C11H17AsNO/c1-9(14)13-11-7-5-6-10(8-11)12(2,3)4/h5-8H,1-4H3,(H,13,14). The maximum atomic E-state index is 10.9. The Balaban J connectivity index is 2.95. The van der Waals surface area contributed by atoms with Gasteiger partial charge in [0, 0.05) is 0 Å². The maximum absolute atomic E-state index is 10.9. The first-order valence-electron chi connectivity index (χ1n) is 4.59. The zero-order valence-corrected chi connectivity index (χ0v) is 11.0. The van der Waals surface area contributed by atoms with Crippen molar-refractivity contribution in [2.24, 2.45) is 0 Å². The first-order chi connectivity index (χ1) is 6.39. The summed E-state index contributed by atoms with van der Waals surface area (Å²) in [5, 5.41) is 2.81. The Kier molecular flexibility index (Phi) is 3.38. The van der Waals surface area contributed by atoms with Gasteiger partial charge in [0.25, 0.3) is 0 Å². The predicted molar refractivity (Wildman–Crippen MR) is 63.7 cm³/mol. The molecular formula is C11H17AsNO. The van der Waals surface area contributed by atoms with Crippen molar-refractivity contribution in [1.29, 1.82) is 0 Å². The SMILES string of the molecule is CC(=O)Nc1cccc([As](C)(C)C)c1. The molecular weight excluding hydrogens is 237 g/mol. The van der Waals surface area contributed by atoms with E-state index >= 15 is 0 Å². The topological polar surface area (TPSA) is 29.1 Å². The molecule has 1 radical (unpaired) electrons. The van der Waals surface area contributed by atoms with Crippen LogP contribution in [0.4, 0.5) is 5.69 Å². The molecule has 0 aliphatic carbocycles. The molecule has 0 saturated heterocycles. The summed E-state index contributed by atoms with van der Waals surface area (Å²) in [4.78, 5) is 10.9. The van der Waals surface area contributed by atoms with Crippen molar-refractivity contribution in [3.8, 4) is 0 Å². The van der Waals surface area contributed by atoms with Crippen molar-refractivity contribution < 1.29 is 4.79 Å². The molecule has 77 valence electrons. The van der Waals surface area contributed by atoms with E-state index in [4.69, 9.17) is 0 Å². The Morgan fingerprint density at radius 1 is 1.29 bits per heavy atom. The van der Waals surface area contributed by atoms with Crippen molar-refractivity contribution in [3.05, 3.63) is 24.3 Å². The molecule has 0 heterocycles. The summed E-state index contributed by atoms with van der Waals surface area (Å²) >= 11 is -1.60. The van der Waals surface area contributed by atoms with E-state index in [-0.39, 0.29) is 5.91 Å². The summed E-state index contributed by atoms with van der Waals surface area (Å²) in [7, 11) is 0. The third-order valence-corrected chi connectivity index (χ3v) is 5.78. The monoisotopic (exact) mass is 254 g/mol. The van der Waals surface area contributed by atoms with E-state index in [0.717, 1.165) is 5.69 Å². The number of carbonyl (C=O) groups excluding carboxylic acids is 1. The van der Waals surface area contributed by atoms with Gasteiger partial charge in [0.1, 0.15) is 0 Å². The summed E-state index contributed by atoms with van der Waals surface area (Å²) in [5.41, 5.74) is 7.88. The fourth-order valence-electron chi connectivity index (χ4n) is 1.20. The molecule has 14 heavy (non-hydrogen) atoms. The fraction of sp³-hybridized carbons (Fsp3) is 0.364. The Morgan fingerprint density at radius 2 is 1.93 bits per heavy atom. The Hall–Kier alpha value is -0.752. The van der Waals surface area contributed by atoms with Crippen molar-refractivity contribution >= 4 is 29.5 Å². The summed E-state index contributed by atoms with van der Waals surface area (Å²) in [5.74, 6) is -0.0123. The van der Waals surface area contributed by atoms with Crippen molar-refractivity contribution in [2.75, 3.05) is 5.32 Å². The molecule has 0 spiro atoms. The van der Waals surface area contributed by atoms with Gasteiger partial charge in [-0.2, -0.15) is 0 Å². The Bertz CT molecular complexity index is 341. The molecule has 0 aliphatic rings. The molecule has 2 nitrogen and oxygen atoms in total. The van der Waals surface area contributed by atoms with Crippen molar-refractivity contribution in [1.82, 2.24) is 0 Å². The molecule has 0 aliphatic heterocycles. The van der Waals surface area contributed by atoms with Crippen LogP contribution in [-0.4, -0.2) is 19.5 Å². The van der Waals surface area contributed by atoms with Crippen molar-refractivity contribution in [3.63, 3.8) is 0 Å². The number of nitrogens with one attached hydrogen (secondary N) is 1. The number of hydrogen-bond acceptors (Lipinski definition) is 1. The third-order valence-electron chi connectivity index (χ3n) is 1.94. The van der Waals surface area contributed by atoms with Crippen LogP contribution in [0.15, 0.2) is 24.3 Å². The second-order valence-electron chi connectivity index (χ2n) is 4.24.